The van der Waals surface area contributed by atoms with Gasteiger partial charge in [-0.2, -0.15) is 4.31 Å². The van der Waals surface area contributed by atoms with Crippen molar-refractivity contribution in [2.24, 2.45) is 11.8 Å². The van der Waals surface area contributed by atoms with Crippen LogP contribution < -0.4 is 5.32 Å². The fourth-order valence-electron chi connectivity index (χ4n) is 3.75. The predicted octanol–water partition coefficient (Wildman–Crippen LogP) is 2.82. The van der Waals surface area contributed by atoms with Crippen LogP contribution in [0.1, 0.15) is 31.7 Å². The number of pyridine rings is 1. The predicted molar refractivity (Wildman–Crippen MR) is 108 cm³/mol. The molecule has 0 radical (unpaired) electrons. The quantitative estimate of drug-likeness (QED) is 0.774. The van der Waals surface area contributed by atoms with E-state index in [1.54, 1.807) is 41.0 Å². The lowest BCUT2D eigenvalue weighted by Crippen LogP contribution is -2.44. The van der Waals surface area contributed by atoms with Crippen molar-refractivity contribution < 1.29 is 13.2 Å². The fourth-order valence-corrected chi connectivity index (χ4v) is 5.28. The Balaban J connectivity index is 1.58. The molecule has 1 N–H and O–H groups in total. The molecular formula is C21H27N3O3S. The second-order valence-electron chi connectivity index (χ2n) is 7.24. The van der Waals surface area contributed by atoms with Crippen molar-refractivity contribution in [3.63, 3.8) is 0 Å². The molecule has 150 valence electrons. The van der Waals surface area contributed by atoms with Gasteiger partial charge in [-0.15, -0.1) is 0 Å². The van der Waals surface area contributed by atoms with E-state index >= 15 is 0 Å². The van der Waals surface area contributed by atoms with E-state index in [-0.39, 0.29) is 17.7 Å². The van der Waals surface area contributed by atoms with Crippen molar-refractivity contribution >= 4 is 15.9 Å². The Kier molecular flexibility index (Phi) is 6.80. The number of carbonyl (C=O) groups excluding carboxylic acids is 1. The van der Waals surface area contributed by atoms with Crippen molar-refractivity contribution in [2.45, 2.75) is 37.6 Å². The molecule has 3 rings (SSSR count). The van der Waals surface area contributed by atoms with Gasteiger partial charge >= 0.3 is 0 Å². The second kappa shape index (κ2) is 9.30. The third kappa shape index (κ3) is 4.97. The molecule has 7 heteroatoms. The summed E-state index contributed by atoms with van der Waals surface area (Å²) in [5.41, 5.74) is 0.965. The van der Waals surface area contributed by atoms with E-state index in [9.17, 15) is 13.2 Å². The van der Waals surface area contributed by atoms with Crippen molar-refractivity contribution in [1.82, 2.24) is 14.6 Å². The Morgan fingerprint density at radius 3 is 2.64 bits per heavy atom. The number of hydrogen-bond acceptors (Lipinski definition) is 4. The lowest BCUT2D eigenvalue weighted by atomic mass is 9.82. The summed E-state index contributed by atoms with van der Waals surface area (Å²) in [5.74, 6) is 0.379. The highest BCUT2D eigenvalue weighted by atomic mass is 32.2. The molecule has 1 saturated heterocycles. The van der Waals surface area contributed by atoms with Crippen LogP contribution in [0.15, 0.2) is 59.8 Å². The molecule has 1 aromatic heterocycles. The third-order valence-electron chi connectivity index (χ3n) is 5.42. The van der Waals surface area contributed by atoms with Gasteiger partial charge in [0.2, 0.25) is 15.9 Å². The summed E-state index contributed by atoms with van der Waals surface area (Å²) in [5, 5.41) is 2.95. The van der Waals surface area contributed by atoms with Gasteiger partial charge in [-0.25, -0.2) is 8.42 Å². The number of amides is 1. The van der Waals surface area contributed by atoms with Gasteiger partial charge in [0, 0.05) is 38.4 Å². The highest BCUT2D eigenvalue weighted by Gasteiger charge is 2.35. The van der Waals surface area contributed by atoms with E-state index in [2.05, 4.69) is 17.2 Å². The van der Waals surface area contributed by atoms with Gasteiger partial charge in [0.1, 0.15) is 0 Å². The van der Waals surface area contributed by atoms with Crippen LogP contribution in [0, 0.1) is 11.8 Å². The Morgan fingerprint density at radius 2 is 1.96 bits per heavy atom. The molecule has 1 fully saturated rings. The van der Waals surface area contributed by atoms with Crippen molar-refractivity contribution in [2.75, 3.05) is 13.1 Å². The number of piperidine rings is 1. The van der Waals surface area contributed by atoms with Gasteiger partial charge in [-0.3, -0.25) is 9.78 Å². The standard InChI is InChI=1S/C21H27N3O3S/c1-2-18-16-24(28(26,27)20-8-4-3-5-9-20)12-10-19(18)13-21(25)23-15-17-7-6-11-22-14-17/h3-9,11,14,18-19H,2,10,12-13,15-16H2,1H3,(H,23,25)/t18-,19-/m0/s1. The van der Waals surface area contributed by atoms with Crippen LogP contribution in [0.3, 0.4) is 0 Å². The van der Waals surface area contributed by atoms with Crippen molar-refractivity contribution in [3.05, 3.63) is 60.4 Å². The zero-order valence-electron chi connectivity index (χ0n) is 16.1. The zero-order chi connectivity index (χ0) is 20.0. The molecule has 1 amide bonds. The number of nitrogens with one attached hydrogen (secondary N) is 1. The molecular weight excluding hydrogens is 374 g/mol. The Bertz CT molecular complexity index is 872. The third-order valence-corrected chi connectivity index (χ3v) is 7.30. The smallest absolute Gasteiger partial charge is 0.243 e. The number of benzene rings is 1. The molecule has 28 heavy (non-hydrogen) atoms. The first-order valence-corrected chi connectivity index (χ1v) is 11.2. The number of sulfonamides is 1. The molecule has 0 aliphatic carbocycles. The van der Waals surface area contributed by atoms with Gasteiger partial charge in [-0.05, 0) is 42.0 Å². The normalized spacial score (nSPS) is 20.6. The molecule has 0 spiro atoms. The van der Waals surface area contributed by atoms with Crippen LogP contribution in [0.2, 0.25) is 0 Å². The average Bonchev–Trinajstić information content (AvgIpc) is 2.74. The maximum atomic E-state index is 12.9. The highest BCUT2D eigenvalue weighted by Crippen LogP contribution is 2.32. The van der Waals surface area contributed by atoms with Crippen molar-refractivity contribution in [1.29, 1.82) is 0 Å². The van der Waals surface area contributed by atoms with E-state index in [4.69, 9.17) is 0 Å². The maximum Gasteiger partial charge on any atom is 0.243 e. The summed E-state index contributed by atoms with van der Waals surface area (Å²) in [6.45, 7) is 3.44. The Morgan fingerprint density at radius 1 is 1.18 bits per heavy atom. The molecule has 2 aromatic rings. The maximum absolute atomic E-state index is 12.9. The largest absolute Gasteiger partial charge is 0.352 e. The van der Waals surface area contributed by atoms with E-state index in [1.807, 2.05) is 18.2 Å². The minimum atomic E-state index is -3.48. The monoisotopic (exact) mass is 401 g/mol. The van der Waals surface area contributed by atoms with E-state index < -0.39 is 10.0 Å². The van der Waals surface area contributed by atoms with Crippen LogP contribution in [0.5, 0.6) is 0 Å². The first-order chi connectivity index (χ1) is 13.5. The summed E-state index contributed by atoms with van der Waals surface area (Å²) in [7, 11) is -3.48. The molecule has 0 unspecified atom stereocenters. The molecule has 1 aliphatic rings. The van der Waals surface area contributed by atoms with Crippen LogP contribution in [-0.4, -0.2) is 36.7 Å². The number of carbonyl (C=O) groups is 1. The summed E-state index contributed by atoms with van der Waals surface area (Å²) >= 11 is 0. The summed E-state index contributed by atoms with van der Waals surface area (Å²) in [6, 6.07) is 12.3. The van der Waals surface area contributed by atoms with Crippen LogP contribution in [0.25, 0.3) is 0 Å². The summed E-state index contributed by atoms with van der Waals surface area (Å²) in [4.78, 5) is 16.8. The topological polar surface area (TPSA) is 79.4 Å². The molecule has 0 bridgehead atoms. The molecule has 1 aliphatic heterocycles. The van der Waals surface area contributed by atoms with E-state index in [0.717, 1.165) is 12.0 Å². The lowest BCUT2D eigenvalue weighted by molar-refractivity contribution is -0.122. The SMILES string of the molecule is CC[C@H]1CN(S(=O)(=O)c2ccccc2)CC[C@H]1CC(=O)NCc1cccnc1. The van der Waals surface area contributed by atoms with Gasteiger partial charge < -0.3 is 5.32 Å². The summed E-state index contributed by atoms with van der Waals surface area (Å²) in [6.07, 6.45) is 5.42. The summed E-state index contributed by atoms with van der Waals surface area (Å²) < 4.78 is 27.3. The van der Waals surface area contributed by atoms with Gasteiger partial charge in [0.05, 0.1) is 4.90 Å². The van der Waals surface area contributed by atoms with Crippen LogP contribution in [0.4, 0.5) is 0 Å². The molecule has 6 nitrogen and oxygen atoms in total. The second-order valence-corrected chi connectivity index (χ2v) is 9.17. The number of hydrogen-bond donors (Lipinski definition) is 1. The number of aromatic nitrogens is 1. The first-order valence-electron chi connectivity index (χ1n) is 9.71. The average molecular weight is 402 g/mol. The number of rotatable bonds is 7. The lowest BCUT2D eigenvalue weighted by Gasteiger charge is -2.37. The minimum absolute atomic E-state index is 0.00618. The Labute approximate surface area is 167 Å². The van der Waals surface area contributed by atoms with Crippen LogP contribution >= 0.6 is 0 Å². The zero-order valence-corrected chi connectivity index (χ0v) is 16.9. The minimum Gasteiger partial charge on any atom is -0.352 e. The van der Waals surface area contributed by atoms with Gasteiger partial charge in [-0.1, -0.05) is 37.6 Å². The van der Waals surface area contributed by atoms with E-state index in [0.29, 0.717) is 37.4 Å². The van der Waals surface area contributed by atoms with Crippen LogP contribution in [-0.2, 0) is 21.4 Å². The molecule has 2 heterocycles. The highest BCUT2D eigenvalue weighted by molar-refractivity contribution is 7.89. The molecule has 2 atom stereocenters. The van der Waals surface area contributed by atoms with Crippen molar-refractivity contribution in [3.8, 4) is 0 Å². The number of nitrogens with zero attached hydrogens (tertiary/aromatic N) is 2. The fraction of sp³-hybridized carbons (Fsp3) is 0.429. The molecule has 0 saturated carbocycles. The van der Waals surface area contributed by atoms with Gasteiger partial charge in [0.25, 0.3) is 0 Å². The first kappa shape index (κ1) is 20.5. The molecule has 1 aromatic carbocycles. The Hall–Kier alpha value is -2.25. The van der Waals surface area contributed by atoms with Gasteiger partial charge in [0.15, 0.2) is 0 Å². The van der Waals surface area contributed by atoms with E-state index in [1.165, 1.54) is 0 Å².